The summed E-state index contributed by atoms with van der Waals surface area (Å²) < 4.78 is 7.62. The molecule has 5 heteroatoms. The molecule has 29 heavy (non-hydrogen) atoms. The van der Waals surface area contributed by atoms with Crippen molar-refractivity contribution in [1.82, 2.24) is 9.47 Å². The van der Waals surface area contributed by atoms with Crippen LogP contribution in [0.4, 0.5) is 0 Å². The van der Waals surface area contributed by atoms with Crippen LogP contribution in [-0.4, -0.2) is 52.9 Å². The van der Waals surface area contributed by atoms with Gasteiger partial charge in [-0.3, -0.25) is 4.79 Å². The second-order valence-corrected chi connectivity index (χ2v) is 7.61. The summed E-state index contributed by atoms with van der Waals surface area (Å²) in [5.41, 5.74) is 3.16. The Morgan fingerprint density at radius 1 is 1.07 bits per heavy atom. The van der Waals surface area contributed by atoms with Gasteiger partial charge in [0.05, 0.1) is 31.4 Å². The Kier molecular flexibility index (Phi) is 6.27. The van der Waals surface area contributed by atoms with E-state index in [2.05, 4.69) is 34.9 Å². The molecule has 1 saturated heterocycles. The summed E-state index contributed by atoms with van der Waals surface area (Å²) in [5.74, 6) is -0.0217. The lowest BCUT2D eigenvalue weighted by Gasteiger charge is -2.34. The highest BCUT2D eigenvalue weighted by Gasteiger charge is 2.29. The normalized spacial score (nSPS) is 17.0. The van der Waals surface area contributed by atoms with E-state index in [1.54, 1.807) is 4.90 Å². The third kappa shape index (κ3) is 4.36. The molecule has 0 spiro atoms. The van der Waals surface area contributed by atoms with Crippen molar-refractivity contribution in [2.45, 2.75) is 31.8 Å². The summed E-state index contributed by atoms with van der Waals surface area (Å²) >= 11 is 0. The van der Waals surface area contributed by atoms with E-state index < -0.39 is 0 Å². The lowest BCUT2D eigenvalue weighted by atomic mass is 10.1. The molecule has 1 aliphatic rings. The number of para-hydroxylation sites is 1. The minimum Gasteiger partial charge on any atom is -0.394 e. The van der Waals surface area contributed by atoms with Gasteiger partial charge in [0, 0.05) is 30.2 Å². The predicted octanol–water partition coefficient (Wildman–Crippen LogP) is 3.50. The summed E-state index contributed by atoms with van der Waals surface area (Å²) in [6, 6.07) is 18.3. The van der Waals surface area contributed by atoms with Gasteiger partial charge >= 0.3 is 0 Å². The minimum absolute atomic E-state index is 0.0217. The average molecular weight is 392 g/mol. The van der Waals surface area contributed by atoms with E-state index >= 15 is 0 Å². The zero-order chi connectivity index (χ0) is 20.1. The summed E-state index contributed by atoms with van der Waals surface area (Å²) in [4.78, 5) is 15.0. The van der Waals surface area contributed by atoms with Crippen molar-refractivity contribution in [2.75, 3.05) is 26.4 Å². The molecule has 3 aromatic rings. The molecular formula is C24H28N2O3. The summed E-state index contributed by atoms with van der Waals surface area (Å²) in [6.45, 7) is 2.22. The van der Waals surface area contributed by atoms with Crippen LogP contribution in [0.3, 0.4) is 0 Å². The summed E-state index contributed by atoms with van der Waals surface area (Å²) in [6.07, 6.45) is 5.21. The molecule has 1 aromatic heterocycles. The van der Waals surface area contributed by atoms with E-state index in [4.69, 9.17) is 4.74 Å². The molecule has 1 atom stereocenters. The number of aliphatic hydroxyl groups is 1. The molecule has 1 amide bonds. The number of benzene rings is 2. The van der Waals surface area contributed by atoms with Gasteiger partial charge in [0.25, 0.3) is 5.91 Å². The minimum atomic E-state index is -0.274. The van der Waals surface area contributed by atoms with Crippen LogP contribution in [0.1, 0.15) is 28.8 Å². The van der Waals surface area contributed by atoms with E-state index in [1.807, 2.05) is 30.5 Å². The Morgan fingerprint density at radius 3 is 2.69 bits per heavy atom. The molecule has 0 radical (unpaired) electrons. The lowest BCUT2D eigenvalue weighted by Crippen LogP contribution is -2.50. The number of fused-ring (bicyclic) bond motifs is 1. The first kappa shape index (κ1) is 19.7. The summed E-state index contributed by atoms with van der Waals surface area (Å²) in [7, 11) is 0. The van der Waals surface area contributed by atoms with Crippen LogP contribution in [-0.2, 0) is 17.7 Å². The van der Waals surface area contributed by atoms with Crippen LogP contribution in [0, 0.1) is 0 Å². The second-order valence-electron chi connectivity index (χ2n) is 7.61. The van der Waals surface area contributed by atoms with Gasteiger partial charge in [-0.2, -0.15) is 0 Å². The smallest absolute Gasteiger partial charge is 0.256 e. The molecular weight excluding hydrogens is 364 g/mol. The molecule has 4 rings (SSSR count). The Hall–Kier alpha value is -2.63. The van der Waals surface area contributed by atoms with Gasteiger partial charge in [-0.1, -0.05) is 48.5 Å². The number of hydrogen-bond acceptors (Lipinski definition) is 3. The highest BCUT2D eigenvalue weighted by atomic mass is 16.5. The van der Waals surface area contributed by atoms with E-state index in [1.165, 1.54) is 5.56 Å². The monoisotopic (exact) mass is 392 g/mol. The number of ether oxygens (including phenoxy) is 1. The zero-order valence-corrected chi connectivity index (χ0v) is 16.7. The largest absolute Gasteiger partial charge is 0.394 e. The van der Waals surface area contributed by atoms with Crippen molar-refractivity contribution in [2.24, 2.45) is 0 Å². The molecule has 2 aromatic carbocycles. The molecule has 0 unspecified atom stereocenters. The van der Waals surface area contributed by atoms with Gasteiger partial charge in [-0.15, -0.1) is 0 Å². The van der Waals surface area contributed by atoms with E-state index in [-0.39, 0.29) is 18.6 Å². The van der Waals surface area contributed by atoms with Crippen molar-refractivity contribution in [3.8, 4) is 0 Å². The van der Waals surface area contributed by atoms with Gasteiger partial charge in [-0.25, -0.2) is 0 Å². The van der Waals surface area contributed by atoms with Gasteiger partial charge in [0.2, 0.25) is 0 Å². The van der Waals surface area contributed by atoms with Crippen molar-refractivity contribution in [3.05, 3.63) is 71.9 Å². The molecule has 1 fully saturated rings. The number of unbranched alkanes of at least 4 members (excludes halogenated alkanes) is 1. The maximum absolute atomic E-state index is 13.3. The Balaban J connectivity index is 1.49. The molecule has 0 saturated carbocycles. The standard InChI is InChI=1S/C24H28N2O3/c27-17-20-18-29-15-14-26(20)24(28)22-16-25(23-12-5-4-11-21(22)23)13-7-6-10-19-8-2-1-3-9-19/h1-5,8-9,11-12,16,20,27H,6-7,10,13-15,17-18H2/t20-/m0/s1. The maximum atomic E-state index is 13.3. The lowest BCUT2D eigenvalue weighted by molar-refractivity contribution is -0.0183. The summed E-state index contributed by atoms with van der Waals surface area (Å²) in [5, 5.41) is 10.6. The number of rotatable bonds is 7. The molecule has 0 aliphatic carbocycles. The molecule has 152 valence electrons. The number of nitrogens with zero attached hydrogens (tertiary/aromatic N) is 2. The Bertz CT molecular complexity index is 951. The zero-order valence-electron chi connectivity index (χ0n) is 16.7. The molecule has 2 heterocycles. The van der Waals surface area contributed by atoms with Crippen molar-refractivity contribution in [1.29, 1.82) is 0 Å². The highest BCUT2D eigenvalue weighted by molar-refractivity contribution is 6.07. The fraction of sp³-hybridized carbons (Fsp3) is 0.375. The third-order valence-electron chi connectivity index (χ3n) is 5.68. The second kappa shape index (κ2) is 9.25. The van der Waals surface area contributed by atoms with Gasteiger partial charge in [-0.05, 0) is 30.9 Å². The van der Waals surface area contributed by atoms with E-state index in [9.17, 15) is 9.90 Å². The number of aryl methyl sites for hydroxylation is 2. The Labute approximate surface area is 171 Å². The third-order valence-corrected chi connectivity index (χ3v) is 5.68. The highest BCUT2D eigenvalue weighted by Crippen LogP contribution is 2.25. The quantitative estimate of drug-likeness (QED) is 0.626. The van der Waals surface area contributed by atoms with Crippen molar-refractivity contribution >= 4 is 16.8 Å². The topological polar surface area (TPSA) is 54.7 Å². The van der Waals surface area contributed by atoms with Crippen LogP contribution in [0.2, 0.25) is 0 Å². The predicted molar refractivity (Wildman–Crippen MR) is 114 cm³/mol. The van der Waals surface area contributed by atoms with Crippen LogP contribution in [0.15, 0.2) is 60.8 Å². The number of aromatic nitrogens is 1. The van der Waals surface area contributed by atoms with E-state index in [0.717, 1.165) is 36.7 Å². The van der Waals surface area contributed by atoms with E-state index in [0.29, 0.717) is 25.3 Å². The number of morpholine rings is 1. The van der Waals surface area contributed by atoms with Crippen molar-refractivity contribution < 1.29 is 14.6 Å². The molecule has 1 N–H and O–H groups in total. The fourth-order valence-electron chi connectivity index (χ4n) is 4.09. The molecule has 0 bridgehead atoms. The average Bonchev–Trinajstić information content (AvgIpc) is 3.15. The number of amides is 1. The molecule has 5 nitrogen and oxygen atoms in total. The van der Waals surface area contributed by atoms with Crippen molar-refractivity contribution in [3.63, 3.8) is 0 Å². The van der Waals surface area contributed by atoms with Gasteiger partial charge < -0.3 is 19.3 Å². The molecule has 1 aliphatic heterocycles. The van der Waals surface area contributed by atoms with Gasteiger partial charge in [0.1, 0.15) is 0 Å². The van der Waals surface area contributed by atoms with Crippen LogP contribution < -0.4 is 0 Å². The first-order valence-electron chi connectivity index (χ1n) is 10.4. The van der Waals surface area contributed by atoms with Crippen LogP contribution in [0.25, 0.3) is 10.9 Å². The van der Waals surface area contributed by atoms with Crippen LogP contribution in [0.5, 0.6) is 0 Å². The van der Waals surface area contributed by atoms with Gasteiger partial charge in [0.15, 0.2) is 0 Å². The fourth-order valence-corrected chi connectivity index (χ4v) is 4.09. The number of carbonyl (C=O) groups excluding carboxylic acids is 1. The SMILES string of the molecule is O=C(c1cn(CCCCc2ccccc2)c2ccccc12)N1CCOC[C@@H]1CO. The number of hydrogen-bond donors (Lipinski definition) is 1. The first-order chi connectivity index (χ1) is 14.3. The first-order valence-corrected chi connectivity index (χ1v) is 10.4. The number of aliphatic hydroxyl groups excluding tert-OH is 1. The Morgan fingerprint density at radius 2 is 1.86 bits per heavy atom. The number of carbonyl (C=O) groups is 1. The maximum Gasteiger partial charge on any atom is 0.256 e. The van der Waals surface area contributed by atoms with Crippen LogP contribution >= 0.6 is 0 Å².